The van der Waals surface area contributed by atoms with Crippen LogP contribution in [0.4, 0.5) is 10.1 Å². The van der Waals surface area contributed by atoms with Crippen LogP contribution >= 0.6 is 0 Å². The Morgan fingerprint density at radius 3 is 2.44 bits per heavy atom. The van der Waals surface area contributed by atoms with Gasteiger partial charge in [-0.1, -0.05) is 42.5 Å². The maximum Gasteiger partial charge on any atom is 0.338 e. The average molecular weight is 462 g/mol. The van der Waals surface area contributed by atoms with E-state index < -0.39 is 24.3 Å². The fourth-order valence-electron chi connectivity index (χ4n) is 3.15. The topological polar surface area (TPSA) is 88.9 Å². The summed E-state index contributed by atoms with van der Waals surface area (Å²) in [5.74, 6) is -1.24. The van der Waals surface area contributed by atoms with Gasteiger partial charge in [-0.05, 0) is 35.9 Å². The molecular weight excluding hydrogens is 439 g/mol. The standard InChI is InChI=1S/C26H23FN2O5/c1-32-24-16-20(12-13-23(24)33-17-19-8-3-2-4-9-19)26(31)34-18-25(30)29(15-7-14-28)22-11-6-5-10-21(22)27/h2-6,8-13,16H,7,15,17-18H2,1H3. The van der Waals surface area contributed by atoms with Crippen LogP contribution in [0.25, 0.3) is 0 Å². The summed E-state index contributed by atoms with van der Waals surface area (Å²) in [6.07, 6.45) is -0.00430. The molecule has 3 rings (SSSR count). The van der Waals surface area contributed by atoms with Gasteiger partial charge in [0.25, 0.3) is 5.91 Å². The minimum Gasteiger partial charge on any atom is -0.493 e. The number of nitriles is 1. The predicted molar refractivity (Wildman–Crippen MR) is 123 cm³/mol. The summed E-state index contributed by atoms with van der Waals surface area (Å²) in [4.78, 5) is 26.3. The second kappa shape index (κ2) is 12.0. The number of rotatable bonds is 10. The molecule has 7 nitrogen and oxygen atoms in total. The quantitative estimate of drug-likeness (QED) is 0.412. The van der Waals surface area contributed by atoms with Gasteiger partial charge < -0.3 is 19.1 Å². The third-order valence-corrected chi connectivity index (χ3v) is 4.85. The van der Waals surface area contributed by atoms with E-state index in [0.717, 1.165) is 10.5 Å². The van der Waals surface area contributed by atoms with Crippen molar-refractivity contribution in [2.45, 2.75) is 13.0 Å². The van der Waals surface area contributed by atoms with Gasteiger partial charge >= 0.3 is 5.97 Å². The molecule has 8 heteroatoms. The predicted octanol–water partition coefficient (Wildman–Crippen LogP) is 4.52. The Bertz CT molecular complexity index is 1180. The van der Waals surface area contributed by atoms with Crippen molar-refractivity contribution in [3.63, 3.8) is 0 Å². The molecule has 3 aromatic rings. The zero-order valence-electron chi connectivity index (χ0n) is 18.6. The van der Waals surface area contributed by atoms with Crippen molar-refractivity contribution in [3.8, 4) is 17.6 Å². The van der Waals surface area contributed by atoms with Crippen LogP contribution in [0.3, 0.4) is 0 Å². The Hall–Kier alpha value is -4.38. The van der Waals surface area contributed by atoms with Crippen LogP contribution in [-0.4, -0.2) is 32.1 Å². The Labute approximate surface area is 196 Å². The molecule has 1 amide bonds. The van der Waals surface area contributed by atoms with E-state index in [1.807, 2.05) is 36.4 Å². The van der Waals surface area contributed by atoms with Gasteiger partial charge in [0.05, 0.1) is 30.9 Å². The summed E-state index contributed by atoms with van der Waals surface area (Å²) >= 11 is 0. The van der Waals surface area contributed by atoms with Crippen molar-refractivity contribution in [3.05, 3.63) is 89.7 Å². The van der Waals surface area contributed by atoms with E-state index in [9.17, 15) is 14.0 Å². The number of ether oxygens (including phenoxy) is 3. The smallest absolute Gasteiger partial charge is 0.338 e. The van der Waals surface area contributed by atoms with Crippen LogP contribution < -0.4 is 14.4 Å². The van der Waals surface area contributed by atoms with E-state index in [1.165, 1.54) is 37.4 Å². The SMILES string of the molecule is COc1cc(C(=O)OCC(=O)N(CCC#N)c2ccccc2F)ccc1OCc1ccccc1. The van der Waals surface area contributed by atoms with Gasteiger partial charge in [0.1, 0.15) is 12.4 Å². The van der Waals surface area contributed by atoms with E-state index in [1.54, 1.807) is 12.1 Å². The fraction of sp³-hybridized carbons (Fsp3) is 0.192. The van der Waals surface area contributed by atoms with Crippen molar-refractivity contribution in [2.75, 3.05) is 25.2 Å². The molecule has 0 aliphatic carbocycles. The molecule has 0 spiro atoms. The highest BCUT2D eigenvalue weighted by atomic mass is 19.1. The number of anilines is 1. The summed E-state index contributed by atoms with van der Waals surface area (Å²) in [7, 11) is 1.45. The largest absolute Gasteiger partial charge is 0.493 e. The Kier molecular flexibility index (Phi) is 8.58. The second-order valence-corrected chi connectivity index (χ2v) is 7.12. The highest BCUT2D eigenvalue weighted by Gasteiger charge is 2.21. The minimum absolute atomic E-state index is 0.00430. The van der Waals surface area contributed by atoms with E-state index >= 15 is 0 Å². The lowest BCUT2D eigenvalue weighted by Crippen LogP contribution is -2.36. The first-order chi connectivity index (χ1) is 16.5. The Morgan fingerprint density at radius 2 is 1.74 bits per heavy atom. The normalized spacial score (nSPS) is 10.1. The molecule has 0 saturated heterocycles. The molecular formula is C26H23FN2O5. The van der Waals surface area contributed by atoms with Gasteiger partial charge in [-0.25, -0.2) is 9.18 Å². The van der Waals surface area contributed by atoms with Gasteiger partial charge in [-0.15, -0.1) is 0 Å². The van der Waals surface area contributed by atoms with Crippen molar-refractivity contribution in [2.24, 2.45) is 0 Å². The molecule has 0 saturated carbocycles. The van der Waals surface area contributed by atoms with Crippen LogP contribution in [-0.2, 0) is 16.1 Å². The molecule has 0 aliphatic heterocycles. The van der Waals surface area contributed by atoms with Gasteiger partial charge in [0.2, 0.25) is 0 Å². The lowest BCUT2D eigenvalue weighted by molar-refractivity contribution is -0.121. The molecule has 0 unspecified atom stereocenters. The number of methoxy groups -OCH3 is 1. The minimum atomic E-state index is -0.755. The molecule has 0 N–H and O–H groups in total. The average Bonchev–Trinajstić information content (AvgIpc) is 2.87. The maximum atomic E-state index is 14.2. The van der Waals surface area contributed by atoms with Crippen LogP contribution in [0.15, 0.2) is 72.8 Å². The molecule has 34 heavy (non-hydrogen) atoms. The van der Waals surface area contributed by atoms with Crippen molar-refractivity contribution in [1.29, 1.82) is 5.26 Å². The van der Waals surface area contributed by atoms with Gasteiger partial charge in [-0.2, -0.15) is 5.26 Å². The highest BCUT2D eigenvalue weighted by Crippen LogP contribution is 2.29. The molecule has 0 bridgehead atoms. The number of hydrogen-bond acceptors (Lipinski definition) is 6. The molecule has 3 aromatic carbocycles. The summed E-state index contributed by atoms with van der Waals surface area (Å²) in [6, 6.07) is 21.7. The number of esters is 1. The first-order valence-corrected chi connectivity index (χ1v) is 10.5. The summed E-state index contributed by atoms with van der Waals surface area (Å²) < 4.78 is 30.4. The number of nitrogens with zero attached hydrogens (tertiary/aromatic N) is 2. The first-order valence-electron chi connectivity index (χ1n) is 10.5. The molecule has 0 atom stereocenters. The number of para-hydroxylation sites is 1. The molecule has 0 fully saturated rings. The molecule has 0 aliphatic rings. The molecule has 0 aromatic heterocycles. The number of halogens is 1. The monoisotopic (exact) mass is 462 g/mol. The fourth-order valence-corrected chi connectivity index (χ4v) is 3.15. The van der Waals surface area contributed by atoms with E-state index in [0.29, 0.717) is 18.1 Å². The molecule has 0 radical (unpaired) electrons. The van der Waals surface area contributed by atoms with Gasteiger partial charge in [-0.3, -0.25) is 4.79 Å². The Morgan fingerprint density at radius 1 is 1.00 bits per heavy atom. The third kappa shape index (κ3) is 6.33. The van der Waals surface area contributed by atoms with Crippen LogP contribution in [0, 0.1) is 17.1 Å². The lowest BCUT2D eigenvalue weighted by Gasteiger charge is -2.22. The number of hydrogen-bond donors (Lipinski definition) is 0. The molecule has 0 heterocycles. The lowest BCUT2D eigenvalue weighted by atomic mass is 10.2. The van der Waals surface area contributed by atoms with Crippen molar-refractivity contribution >= 4 is 17.6 Å². The van der Waals surface area contributed by atoms with Gasteiger partial charge in [0.15, 0.2) is 18.1 Å². The maximum absolute atomic E-state index is 14.2. The van der Waals surface area contributed by atoms with Crippen molar-refractivity contribution < 1.29 is 28.2 Å². The van der Waals surface area contributed by atoms with Crippen LogP contribution in [0.5, 0.6) is 11.5 Å². The van der Waals surface area contributed by atoms with E-state index in [2.05, 4.69) is 0 Å². The molecule has 174 valence electrons. The van der Waals surface area contributed by atoms with Crippen molar-refractivity contribution in [1.82, 2.24) is 0 Å². The number of amides is 1. The number of carbonyl (C=O) groups is 2. The zero-order chi connectivity index (χ0) is 24.3. The summed E-state index contributed by atoms with van der Waals surface area (Å²) in [5.41, 5.74) is 1.15. The van der Waals surface area contributed by atoms with E-state index in [4.69, 9.17) is 19.5 Å². The third-order valence-electron chi connectivity index (χ3n) is 4.85. The van der Waals surface area contributed by atoms with Crippen LogP contribution in [0.2, 0.25) is 0 Å². The van der Waals surface area contributed by atoms with E-state index in [-0.39, 0.29) is 24.2 Å². The first kappa shape index (κ1) is 24.3. The second-order valence-electron chi connectivity index (χ2n) is 7.12. The van der Waals surface area contributed by atoms with Crippen LogP contribution in [0.1, 0.15) is 22.3 Å². The zero-order valence-corrected chi connectivity index (χ0v) is 18.6. The Balaban J connectivity index is 1.65. The highest BCUT2D eigenvalue weighted by molar-refractivity contribution is 5.97. The van der Waals surface area contributed by atoms with Gasteiger partial charge in [0, 0.05) is 6.54 Å². The number of carbonyl (C=O) groups excluding carboxylic acids is 2. The number of benzene rings is 3. The summed E-state index contributed by atoms with van der Waals surface area (Å²) in [5, 5.41) is 8.87. The summed E-state index contributed by atoms with van der Waals surface area (Å²) in [6.45, 7) is -0.327.